The topological polar surface area (TPSA) is 89.8 Å². The zero-order chi connectivity index (χ0) is 54.3. The molecule has 0 saturated carbocycles. The van der Waals surface area contributed by atoms with Crippen LogP contribution in [-0.2, 0) is 4.79 Å². The zero-order valence-electron chi connectivity index (χ0n) is 51.2. The van der Waals surface area contributed by atoms with Crippen molar-refractivity contribution < 1.29 is 20.1 Å². The van der Waals surface area contributed by atoms with E-state index >= 15 is 0 Å². The fourth-order valence-electron chi connectivity index (χ4n) is 11.2. The van der Waals surface area contributed by atoms with Gasteiger partial charge in [0, 0.05) is 6.42 Å². The fourth-order valence-corrected chi connectivity index (χ4v) is 11.2. The Morgan fingerprint density at radius 3 is 0.773 bits per heavy atom. The molecule has 0 aromatic heterocycles. The summed E-state index contributed by atoms with van der Waals surface area (Å²) in [6.07, 6.45) is 85.5. The molecular weight excluding hydrogens is 919 g/mol. The number of rotatable bonds is 65. The average Bonchev–Trinajstić information content (AvgIpc) is 3.41. The third-order valence-corrected chi connectivity index (χ3v) is 16.5. The number of hydrogen-bond donors (Lipinski definition) is 4. The monoisotopic (exact) mass is 1060 g/mol. The molecule has 75 heavy (non-hydrogen) atoms. The van der Waals surface area contributed by atoms with E-state index < -0.39 is 18.2 Å². The van der Waals surface area contributed by atoms with Crippen LogP contribution in [0.3, 0.4) is 0 Å². The van der Waals surface area contributed by atoms with Crippen LogP contribution in [0.1, 0.15) is 393 Å². The van der Waals surface area contributed by atoms with E-state index in [1.54, 1.807) is 0 Å². The Balaban J connectivity index is 3.47. The van der Waals surface area contributed by atoms with E-state index in [0.29, 0.717) is 12.8 Å². The summed E-state index contributed by atoms with van der Waals surface area (Å²) in [5.41, 5.74) is 0. The highest BCUT2D eigenvalue weighted by Gasteiger charge is 2.26. The molecule has 0 aromatic rings. The van der Waals surface area contributed by atoms with Crippen molar-refractivity contribution in [2.45, 2.75) is 411 Å². The van der Waals surface area contributed by atoms with Crippen molar-refractivity contribution >= 4 is 5.91 Å². The van der Waals surface area contributed by atoms with E-state index in [-0.39, 0.29) is 12.5 Å². The minimum atomic E-state index is -1.16. The Bertz CT molecular complexity index is 1120. The summed E-state index contributed by atoms with van der Waals surface area (Å²) in [6, 6.07) is -0.826. The fraction of sp³-hybridized carbons (Fsp3) is 0.929. The van der Waals surface area contributed by atoms with Crippen LogP contribution in [0.15, 0.2) is 24.3 Å². The molecule has 3 atom stereocenters. The number of aliphatic hydroxyl groups excluding tert-OH is 3. The minimum Gasteiger partial charge on any atom is -0.394 e. The molecule has 3 unspecified atom stereocenters. The van der Waals surface area contributed by atoms with Crippen LogP contribution in [0, 0.1) is 0 Å². The molecule has 446 valence electrons. The average molecular weight is 1060 g/mol. The van der Waals surface area contributed by atoms with Gasteiger partial charge in [-0.15, -0.1) is 0 Å². The second kappa shape index (κ2) is 65.3. The summed E-state index contributed by atoms with van der Waals surface area (Å²) in [7, 11) is 0. The van der Waals surface area contributed by atoms with Gasteiger partial charge in [-0.25, -0.2) is 0 Å². The summed E-state index contributed by atoms with van der Waals surface area (Å²) in [6.45, 7) is 4.22. The molecule has 0 aliphatic rings. The number of carbonyl (C=O) groups excluding carboxylic acids is 1. The van der Waals surface area contributed by atoms with Gasteiger partial charge in [-0.3, -0.25) is 4.79 Å². The standard InChI is InChI=1S/C70H137NO4/c1-3-5-7-9-11-13-15-17-19-21-23-25-27-29-30-31-32-33-34-35-36-37-38-39-40-41-43-45-47-49-51-53-55-57-59-61-63-65-69(74)71-67(66-72)70(75)68(73)64-62-60-58-56-54-52-50-48-46-44-42-28-26-24-22-20-18-16-14-12-10-8-6-4-2/h33-34,56,58,67-68,70,72-73,75H,3-32,35-55,57,59-66H2,1-2H3,(H,71,74)/b34-33-,58-56+. The van der Waals surface area contributed by atoms with E-state index in [9.17, 15) is 20.1 Å². The highest BCUT2D eigenvalue weighted by atomic mass is 16.3. The van der Waals surface area contributed by atoms with Gasteiger partial charge in [0.05, 0.1) is 18.8 Å². The van der Waals surface area contributed by atoms with E-state index in [0.717, 1.165) is 38.5 Å². The van der Waals surface area contributed by atoms with Crippen LogP contribution in [0.25, 0.3) is 0 Å². The molecule has 1 amide bonds. The quantitative estimate of drug-likeness (QED) is 0.0361. The number of nitrogens with one attached hydrogen (secondary N) is 1. The lowest BCUT2D eigenvalue weighted by molar-refractivity contribution is -0.124. The van der Waals surface area contributed by atoms with E-state index in [2.05, 4.69) is 43.5 Å². The maximum atomic E-state index is 12.6. The first kappa shape index (κ1) is 73.8. The van der Waals surface area contributed by atoms with Gasteiger partial charge < -0.3 is 20.6 Å². The molecule has 0 saturated heterocycles. The molecule has 0 heterocycles. The Labute approximate surface area is 471 Å². The van der Waals surface area contributed by atoms with Gasteiger partial charge in [0.15, 0.2) is 0 Å². The molecule has 0 fully saturated rings. The summed E-state index contributed by atoms with van der Waals surface area (Å²) < 4.78 is 0. The maximum absolute atomic E-state index is 12.6. The molecule has 5 heteroatoms. The largest absolute Gasteiger partial charge is 0.394 e. The summed E-state index contributed by atoms with van der Waals surface area (Å²) in [5.74, 6) is -0.146. The third-order valence-electron chi connectivity index (χ3n) is 16.5. The molecule has 0 aliphatic heterocycles. The molecule has 0 aromatic carbocycles. The highest BCUT2D eigenvalue weighted by Crippen LogP contribution is 2.19. The van der Waals surface area contributed by atoms with Crippen molar-refractivity contribution in [3.63, 3.8) is 0 Å². The van der Waals surface area contributed by atoms with Crippen molar-refractivity contribution in [1.29, 1.82) is 0 Å². The molecular formula is C70H137NO4. The van der Waals surface area contributed by atoms with Gasteiger partial charge in [-0.2, -0.15) is 0 Å². The Morgan fingerprint density at radius 1 is 0.320 bits per heavy atom. The predicted molar refractivity (Wildman–Crippen MR) is 333 cm³/mol. The number of aliphatic hydroxyl groups is 3. The van der Waals surface area contributed by atoms with Crippen LogP contribution in [0.5, 0.6) is 0 Å². The van der Waals surface area contributed by atoms with Gasteiger partial charge >= 0.3 is 0 Å². The number of unbranched alkanes of at least 4 members (excludes halogenated alkanes) is 53. The third kappa shape index (κ3) is 60.3. The number of allylic oxidation sites excluding steroid dienone is 4. The van der Waals surface area contributed by atoms with Crippen molar-refractivity contribution in [2.75, 3.05) is 6.61 Å². The van der Waals surface area contributed by atoms with E-state index in [4.69, 9.17) is 0 Å². The van der Waals surface area contributed by atoms with Crippen LogP contribution >= 0.6 is 0 Å². The second-order valence-electron chi connectivity index (χ2n) is 24.1. The van der Waals surface area contributed by atoms with Gasteiger partial charge in [0.25, 0.3) is 0 Å². The smallest absolute Gasteiger partial charge is 0.220 e. The molecule has 0 radical (unpaired) electrons. The molecule has 4 N–H and O–H groups in total. The normalized spacial score (nSPS) is 13.2. The predicted octanol–water partition coefficient (Wildman–Crippen LogP) is 22.4. The van der Waals surface area contributed by atoms with Crippen LogP contribution in [0.4, 0.5) is 0 Å². The van der Waals surface area contributed by atoms with Gasteiger partial charge in [-0.1, -0.05) is 346 Å². The molecule has 0 rings (SSSR count). The first-order valence-electron chi connectivity index (χ1n) is 34.6. The Morgan fingerprint density at radius 2 is 0.533 bits per heavy atom. The molecule has 0 bridgehead atoms. The lowest BCUT2D eigenvalue weighted by Crippen LogP contribution is -2.50. The highest BCUT2D eigenvalue weighted by molar-refractivity contribution is 5.76. The van der Waals surface area contributed by atoms with Crippen LogP contribution in [0.2, 0.25) is 0 Å². The Hall–Kier alpha value is -1.17. The number of amides is 1. The van der Waals surface area contributed by atoms with Crippen molar-refractivity contribution in [2.24, 2.45) is 0 Å². The van der Waals surface area contributed by atoms with E-state index in [1.165, 1.54) is 327 Å². The molecule has 0 aliphatic carbocycles. The van der Waals surface area contributed by atoms with Crippen molar-refractivity contribution in [1.82, 2.24) is 5.32 Å². The first-order valence-corrected chi connectivity index (χ1v) is 34.6. The van der Waals surface area contributed by atoms with Gasteiger partial charge in [0.2, 0.25) is 5.91 Å². The van der Waals surface area contributed by atoms with Crippen molar-refractivity contribution in [3.8, 4) is 0 Å². The van der Waals surface area contributed by atoms with Crippen LogP contribution < -0.4 is 5.32 Å². The number of carbonyl (C=O) groups is 1. The van der Waals surface area contributed by atoms with Gasteiger partial charge in [0.1, 0.15) is 6.10 Å². The molecule has 5 nitrogen and oxygen atoms in total. The zero-order valence-corrected chi connectivity index (χ0v) is 51.2. The Kier molecular flexibility index (Phi) is 64.3. The van der Waals surface area contributed by atoms with E-state index in [1.807, 2.05) is 0 Å². The lowest BCUT2D eigenvalue weighted by atomic mass is 10.0. The maximum Gasteiger partial charge on any atom is 0.220 e. The molecule has 0 spiro atoms. The summed E-state index contributed by atoms with van der Waals surface area (Å²) in [5, 5.41) is 33.9. The second-order valence-corrected chi connectivity index (χ2v) is 24.1. The number of hydrogen-bond acceptors (Lipinski definition) is 4. The minimum absolute atomic E-state index is 0.146. The summed E-state index contributed by atoms with van der Waals surface area (Å²) in [4.78, 5) is 12.6. The SMILES string of the molecule is CCCCCCCCCCCCCCCCCC/C=C\CCCCCCCCCCCCCCCCCCCC(=O)NC(CO)C(O)C(O)CCC/C=C/CCCCCCCCCCCCCCCCCCCCC. The lowest BCUT2D eigenvalue weighted by Gasteiger charge is -2.26. The first-order chi connectivity index (χ1) is 37.1. The van der Waals surface area contributed by atoms with Crippen molar-refractivity contribution in [3.05, 3.63) is 24.3 Å². The summed E-state index contributed by atoms with van der Waals surface area (Å²) >= 11 is 0. The van der Waals surface area contributed by atoms with Gasteiger partial charge in [-0.05, 0) is 64.2 Å². The van der Waals surface area contributed by atoms with Crippen LogP contribution in [-0.4, -0.2) is 46.1 Å².